The van der Waals surface area contributed by atoms with Crippen LogP contribution in [0.4, 0.5) is 0 Å². The third-order valence-electron chi connectivity index (χ3n) is 5.18. The highest BCUT2D eigenvalue weighted by atomic mass is 16.5. The van der Waals surface area contributed by atoms with E-state index in [-0.39, 0.29) is 12.2 Å². The molecule has 4 aromatic rings. The summed E-state index contributed by atoms with van der Waals surface area (Å²) in [5.74, 6) is 2.37. The number of hydrogen-bond donors (Lipinski definition) is 0. The van der Waals surface area contributed by atoms with Crippen molar-refractivity contribution in [2.24, 2.45) is 0 Å². The Balaban J connectivity index is 1.35. The van der Waals surface area contributed by atoms with Gasteiger partial charge in [0.1, 0.15) is 17.6 Å². The summed E-state index contributed by atoms with van der Waals surface area (Å²) in [5.41, 5.74) is 3.19. The lowest BCUT2D eigenvalue weighted by molar-refractivity contribution is -0.00127. The summed E-state index contributed by atoms with van der Waals surface area (Å²) in [6.07, 6.45) is -0.0278. The second-order valence-corrected chi connectivity index (χ2v) is 7.76. The van der Waals surface area contributed by atoms with Crippen LogP contribution in [0.25, 0.3) is 23.0 Å². The molecule has 0 spiro atoms. The molecular formula is C23H23N5O4. The maximum atomic E-state index is 6.09. The third kappa shape index (κ3) is 3.94. The molecule has 0 N–H and O–H groups in total. The Labute approximate surface area is 184 Å². The van der Waals surface area contributed by atoms with Crippen molar-refractivity contribution in [2.75, 3.05) is 7.11 Å². The molecule has 5 rings (SSSR count). The molecule has 9 nitrogen and oxygen atoms in total. The van der Waals surface area contributed by atoms with E-state index < -0.39 is 0 Å². The minimum absolute atomic E-state index is 0.114. The number of benzene rings is 2. The van der Waals surface area contributed by atoms with Crippen molar-refractivity contribution < 1.29 is 18.7 Å². The van der Waals surface area contributed by atoms with Gasteiger partial charge in [-0.15, -0.1) is 5.10 Å². The lowest BCUT2D eigenvalue weighted by Crippen LogP contribution is -2.22. The molecular weight excluding hydrogens is 410 g/mol. The second-order valence-electron chi connectivity index (χ2n) is 7.76. The molecule has 1 unspecified atom stereocenters. The SMILES string of the molecule is COc1cccc(C2Cn3nnc(-c4nc(-c5ccc(OC(C)C)cc5)no4)c3CO2)c1. The highest BCUT2D eigenvalue weighted by Crippen LogP contribution is 2.32. The molecule has 3 heterocycles. The van der Waals surface area contributed by atoms with E-state index in [0.29, 0.717) is 30.6 Å². The Morgan fingerprint density at radius 2 is 1.94 bits per heavy atom. The largest absolute Gasteiger partial charge is 0.497 e. The zero-order chi connectivity index (χ0) is 22.1. The van der Waals surface area contributed by atoms with Crippen molar-refractivity contribution in [1.82, 2.24) is 25.1 Å². The fourth-order valence-electron chi connectivity index (χ4n) is 3.61. The molecule has 0 amide bonds. The Kier molecular flexibility index (Phi) is 5.32. The maximum Gasteiger partial charge on any atom is 0.280 e. The Hall–Kier alpha value is -3.72. The molecule has 2 aromatic heterocycles. The fourth-order valence-corrected chi connectivity index (χ4v) is 3.61. The minimum Gasteiger partial charge on any atom is -0.497 e. The molecule has 1 atom stereocenters. The molecule has 1 aliphatic rings. The van der Waals surface area contributed by atoms with Gasteiger partial charge in [-0.2, -0.15) is 4.98 Å². The Bertz CT molecular complexity index is 1220. The summed E-state index contributed by atoms with van der Waals surface area (Å²) >= 11 is 0. The second kappa shape index (κ2) is 8.43. The first-order chi connectivity index (χ1) is 15.6. The molecule has 0 saturated heterocycles. The number of methoxy groups -OCH3 is 1. The average Bonchev–Trinajstić information content (AvgIpc) is 3.46. The van der Waals surface area contributed by atoms with E-state index in [0.717, 1.165) is 28.3 Å². The van der Waals surface area contributed by atoms with Crippen molar-refractivity contribution in [3.05, 3.63) is 59.8 Å². The van der Waals surface area contributed by atoms with Crippen LogP contribution in [-0.4, -0.2) is 38.3 Å². The number of fused-ring (bicyclic) bond motifs is 1. The van der Waals surface area contributed by atoms with Crippen molar-refractivity contribution in [3.63, 3.8) is 0 Å². The molecule has 1 aliphatic heterocycles. The first-order valence-corrected chi connectivity index (χ1v) is 10.4. The van der Waals surface area contributed by atoms with Crippen LogP contribution in [0, 0.1) is 0 Å². The summed E-state index contributed by atoms with van der Waals surface area (Å²) in [6, 6.07) is 15.4. The van der Waals surface area contributed by atoms with Crippen LogP contribution >= 0.6 is 0 Å². The highest BCUT2D eigenvalue weighted by molar-refractivity contribution is 5.59. The van der Waals surface area contributed by atoms with E-state index in [1.165, 1.54) is 0 Å². The van der Waals surface area contributed by atoms with Crippen LogP contribution in [0.3, 0.4) is 0 Å². The van der Waals surface area contributed by atoms with Crippen LogP contribution in [0.5, 0.6) is 11.5 Å². The van der Waals surface area contributed by atoms with Gasteiger partial charge in [-0.1, -0.05) is 22.5 Å². The van der Waals surface area contributed by atoms with Gasteiger partial charge in [0.15, 0.2) is 5.69 Å². The van der Waals surface area contributed by atoms with Crippen LogP contribution in [0.2, 0.25) is 0 Å². The predicted octanol–water partition coefficient (Wildman–Crippen LogP) is 4.06. The normalized spacial score (nSPS) is 15.6. The fraction of sp³-hybridized carbons (Fsp3) is 0.304. The average molecular weight is 433 g/mol. The molecule has 0 fully saturated rings. The van der Waals surface area contributed by atoms with E-state index in [9.17, 15) is 0 Å². The summed E-state index contributed by atoms with van der Waals surface area (Å²) in [7, 11) is 1.65. The minimum atomic E-state index is -0.142. The number of aromatic nitrogens is 5. The van der Waals surface area contributed by atoms with Gasteiger partial charge in [0, 0.05) is 5.56 Å². The first-order valence-electron chi connectivity index (χ1n) is 10.4. The molecule has 164 valence electrons. The molecule has 2 aromatic carbocycles. The smallest absolute Gasteiger partial charge is 0.280 e. The summed E-state index contributed by atoms with van der Waals surface area (Å²) in [4.78, 5) is 4.52. The summed E-state index contributed by atoms with van der Waals surface area (Å²) < 4.78 is 24.4. The highest BCUT2D eigenvalue weighted by Gasteiger charge is 2.28. The summed E-state index contributed by atoms with van der Waals surface area (Å²) in [6.45, 7) is 4.85. The Morgan fingerprint density at radius 3 is 2.72 bits per heavy atom. The van der Waals surface area contributed by atoms with Gasteiger partial charge in [-0.05, 0) is 55.8 Å². The number of hydrogen-bond acceptors (Lipinski definition) is 8. The van der Waals surface area contributed by atoms with Crippen LogP contribution in [0.1, 0.15) is 31.2 Å². The van der Waals surface area contributed by atoms with Crippen LogP contribution in [-0.2, 0) is 17.9 Å². The predicted molar refractivity (Wildman–Crippen MR) is 115 cm³/mol. The van der Waals surface area contributed by atoms with E-state index in [2.05, 4.69) is 20.5 Å². The van der Waals surface area contributed by atoms with E-state index in [1.54, 1.807) is 7.11 Å². The van der Waals surface area contributed by atoms with Gasteiger partial charge in [0.05, 0.1) is 32.1 Å². The van der Waals surface area contributed by atoms with Crippen molar-refractivity contribution in [3.8, 4) is 34.5 Å². The topological polar surface area (TPSA) is 97.3 Å². The van der Waals surface area contributed by atoms with Crippen LogP contribution in [0.15, 0.2) is 53.1 Å². The van der Waals surface area contributed by atoms with Gasteiger partial charge in [0.25, 0.3) is 5.89 Å². The standard InChI is InChI=1S/C23H23N5O4/c1-14(2)31-17-9-7-15(8-10-17)22-24-23(32-26-22)21-19-13-30-20(12-28(19)27-25-21)16-5-4-6-18(11-16)29-3/h4-11,14,20H,12-13H2,1-3H3. The third-order valence-corrected chi connectivity index (χ3v) is 5.18. The van der Waals surface area contributed by atoms with E-state index >= 15 is 0 Å². The van der Waals surface area contributed by atoms with Gasteiger partial charge >= 0.3 is 0 Å². The number of nitrogens with zero attached hydrogens (tertiary/aromatic N) is 5. The van der Waals surface area contributed by atoms with Crippen molar-refractivity contribution in [1.29, 1.82) is 0 Å². The van der Waals surface area contributed by atoms with Gasteiger partial charge < -0.3 is 18.7 Å². The number of rotatable bonds is 6. The monoisotopic (exact) mass is 433 g/mol. The van der Waals surface area contributed by atoms with Gasteiger partial charge in [-0.3, -0.25) is 0 Å². The molecule has 0 aliphatic carbocycles. The lowest BCUT2D eigenvalue weighted by Gasteiger charge is -2.24. The first kappa shape index (κ1) is 20.2. The van der Waals surface area contributed by atoms with E-state index in [1.807, 2.05) is 67.1 Å². The quantitative estimate of drug-likeness (QED) is 0.449. The molecule has 0 saturated carbocycles. The van der Waals surface area contributed by atoms with Gasteiger partial charge in [-0.25, -0.2) is 4.68 Å². The molecule has 0 bridgehead atoms. The zero-order valence-electron chi connectivity index (χ0n) is 18.1. The maximum absolute atomic E-state index is 6.09. The summed E-state index contributed by atoms with van der Waals surface area (Å²) in [5, 5.41) is 12.7. The lowest BCUT2D eigenvalue weighted by atomic mass is 10.1. The van der Waals surface area contributed by atoms with E-state index in [4.69, 9.17) is 18.7 Å². The van der Waals surface area contributed by atoms with Crippen molar-refractivity contribution in [2.45, 2.75) is 39.2 Å². The van der Waals surface area contributed by atoms with Crippen LogP contribution < -0.4 is 9.47 Å². The van der Waals surface area contributed by atoms with Crippen molar-refractivity contribution >= 4 is 0 Å². The molecule has 9 heteroatoms. The van der Waals surface area contributed by atoms with Gasteiger partial charge in [0.2, 0.25) is 5.82 Å². The molecule has 0 radical (unpaired) electrons. The Morgan fingerprint density at radius 1 is 1.09 bits per heavy atom. The zero-order valence-corrected chi connectivity index (χ0v) is 18.1. The number of ether oxygens (including phenoxy) is 3. The molecule has 32 heavy (non-hydrogen) atoms.